The van der Waals surface area contributed by atoms with Gasteiger partial charge in [-0.2, -0.15) is 0 Å². The summed E-state index contributed by atoms with van der Waals surface area (Å²) in [5.41, 5.74) is 0.616. The van der Waals surface area contributed by atoms with E-state index in [0.717, 1.165) is 44.8 Å². The number of hydrogen-bond acceptors (Lipinski definition) is 5. The number of nitrogens with zero attached hydrogens (tertiary/aromatic N) is 2. The van der Waals surface area contributed by atoms with E-state index in [1.807, 2.05) is 18.2 Å². The topological polar surface area (TPSA) is 70.2 Å². The number of H-pyrrole nitrogens is 1. The van der Waals surface area contributed by atoms with Gasteiger partial charge in [0.25, 0.3) is 5.56 Å². The Bertz CT molecular complexity index is 722. The maximum Gasteiger partial charge on any atom is 0.260 e. The van der Waals surface area contributed by atoms with Crippen LogP contribution in [0, 0.1) is 5.92 Å². The van der Waals surface area contributed by atoms with Crippen LogP contribution in [0.25, 0.3) is 10.9 Å². The fourth-order valence-corrected chi connectivity index (χ4v) is 3.23. The number of hydrogen-bond donors (Lipinski definition) is 2. The van der Waals surface area contributed by atoms with Gasteiger partial charge in [-0.15, -0.1) is 0 Å². The van der Waals surface area contributed by atoms with Crippen LogP contribution >= 0.6 is 0 Å². The summed E-state index contributed by atoms with van der Waals surface area (Å²) >= 11 is 0. The first-order chi connectivity index (χ1) is 11.6. The number of anilines is 1. The summed E-state index contributed by atoms with van der Waals surface area (Å²) in [5, 5.41) is 3.95. The van der Waals surface area contributed by atoms with Gasteiger partial charge in [0, 0.05) is 25.7 Å². The number of nitrogens with one attached hydrogen (secondary N) is 2. The first kappa shape index (κ1) is 16.9. The van der Waals surface area contributed by atoms with Crippen molar-refractivity contribution in [3.05, 3.63) is 34.6 Å². The highest BCUT2D eigenvalue weighted by molar-refractivity contribution is 5.78. The Morgan fingerprint density at radius 3 is 2.79 bits per heavy atom. The Balaban J connectivity index is 1.72. The highest BCUT2D eigenvalue weighted by atomic mass is 16.5. The quantitative estimate of drug-likeness (QED) is 0.849. The fraction of sp³-hybridized carbons (Fsp3) is 0.556. The van der Waals surface area contributed by atoms with Gasteiger partial charge in [-0.25, -0.2) is 4.98 Å². The van der Waals surface area contributed by atoms with Gasteiger partial charge in [-0.3, -0.25) is 14.7 Å². The van der Waals surface area contributed by atoms with Crippen LogP contribution in [0.3, 0.4) is 0 Å². The molecule has 1 fully saturated rings. The molecular weight excluding hydrogens is 304 g/mol. The first-order valence-corrected chi connectivity index (χ1v) is 8.68. The van der Waals surface area contributed by atoms with Crippen LogP contribution in [-0.2, 0) is 4.74 Å². The number of aromatic amines is 1. The molecule has 1 aliphatic heterocycles. The summed E-state index contributed by atoms with van der Waals surface area (Å²) in [4.78, 5) is 22.0. The van der Waals surface area contributed by atoms with Crippen LogP contribution in [0.4, 0.5) is 5.95 Å². The van der Waals surface area contributed by atoms with Crippen LogP contribution in [0.15, 0.2) is 29.1 Å². The van der Waals surface area contributed by atoms with Crippen molar-refractivity contribution in [3.63, 3.8) is 0 Å². The largest absolute Gasteiger partial charge is 0.379 e. The molecule has 6 nitrogen and oxygen atoms in total. The number of rotatable bonds is 6. The van der Waals surface area contributed by atoms with E-state index in [0.29, 0.717) is 23.3 Å². The van der Waals surface area contributed by atoms with Gasteiger partial charge in [0.1, 0.15) is 0 Å². The molecule has 2 heterocycles. The van der Waals surface area contributed by atoms with Crippen LogP contribution in [0.2, 0.25) is 0 Å². The van der Waals surface area contributed by atoms with Crippen molar-refractivity contribution < 1.29 is 4.74 Å². The number of benzene rings is 1. The zero-order valence-corrected chi connectivity index (χ0v) is 14.4. The Morgan fingerprint density at radius 2 is 2.04 bits per heavy atom. The maximum atomic E-state index is 12.2. The van der Waals surface area contributed by atoms with Gasteiger partial charge < -0.3 is 10.1 Å². The van der Waals surface area contributed by atoms with Crippen LogP contribution in [0.1, 0.15) is 20.3 Å². The molecule has 130 valence electrons. The SMILES string of the molecule is CC(C)CC(CNc1nc2ccccc2c(=O)[nH]1)N1CCOCC1. The van der Waals surface area contributed by atoms with Gasteiger partial charge in [0.2, 0.25) is 5.95 Å². The van der Waals surface area contributed by atoms with Crippen LogP contribution in [-0.4, -0.2) is 53.8 Å². The minimum Gasteiger partial charge on any atom is -0.379 e. The van der Waals surface area contributed by atoms with Gasteiger partial charge in [-0.05, 0) is 24.5 Å². The minimum absolute atomic E-state index is 0.102. The summed E-state index contributed by atoms with van der Waals surface area (Å²) in [6.07, 6.45) is 1.10. The second-order valence-corrected chi connectivity index (χ2v) is 6.74. The molecule has 0 radical (unpaired) electrons. The molecule has 0 amide bonds. The Morgan fingerprint density at radius 1 is 1.29 bits per heavy atom. The zero-order chi connectivity index (χ0) is 16.9. The van der Waals surface area contributed by atoms with Crippen molar-refractivity contribution in [1.82, 2.24) is 14.9 Å². The second kappa shape index (κ2) is 7.77. The molecular formula is C18H26N4O2. The second-order valence-electron chi connectivity index (χ2n) is 6.74. The highest BCUT2D eigenvalue weighted by Crippen LogP contribution is 2.15. The Hall–Kier alpha value is -1.92. The van der Waals surface area contributed by atoms with Crippen molar-refractivity contribution in [3.8, 4) is 0 Å². The van der Waals surface area contributed by atoms with Crippen molar-refractivity contribution in [2.24, 2.45) is 5.92 Å². The molecule has 1 aromatic heterocycles. The lowest BCUT2D eigenvalue weighted by atomic mass is 10.0. The molecule has 2 aromatic rings. The van der Waals surface area contributed by atoms with Crippen molar-refractivity contribution >= 4 is 16.9 Å². The highest BCUT2D eigenvalue weighted by Gasteiger charge is 2.22. The minimum atomic E-state index is -0.102. The fourth-order valence-electron chi connectivity index (χ4n) is 3.23. The molecule has 6 heteroatoms. The van der Waals surface area contributed by atoms with E-state index < -0.39 is 0 Å². The predicted octanol–water partition coefficient (Wildman–Crippen LogP) is 2.08. The molecule has 1 aliphatic rings. The van der Waals surface area contributed by atoms with Crippen LogP contribution in [0.5, 0.6) is 0 Å². The Labute approximate surface area is 142 Å². The summed E-state index contributed by atoms with van der Waals surface area (Å²) in [6.45, 7) is 8.74. The maximum absolute atomic E-state index is 12.2. The van der Waals surface area contributed by atoms with Gasteiger partial charge >= 0.3 is 0 Å². The molecule has 1 aromatic carbocycles. The van der Waals surface area contributed by atoms with Gasteiger partial charge in [-0.1, -0.05) is 26.0 Å². The third-order valence-corrected chi connectivity index (χ3v) is 4.42. The molecule has 1 atom stereocenters. The smallest absolute Gasteiger partial charge is 0.260 e. The van der Waals surface area contributed by atoms with Gasteiger partial charge in [0.05, 0.1) is 24.1 Å². The zero-order valence-electron chi connectivity index (χ0n) is 14.4. The van der Waals surface area contributed by atoms with Crippen molar-refractivity contribution in [2.75, 3.05) is 38.2 Å². The number of aromatic nitrogens is 2. The number of ether oxygens (including phenoxy) is 1. The molecule has 0 spiro atoms. The van der Waals surface area contributed by atoms with Crippen LogP contribution < -0.4 is 10.9 Å². The van der Waals surface area contributed by atoms with E-state index in [-0.39, 0.29) is 5.56 Å². The normalized spacial score (nSPS) is 17.3. The summed E-state index contributed by atoms with van der Waals surface area (Å²) in [5.74, 6) is 1.16. The molecule has 0 aliphatic carbocycles. The number of para-hydroxylation sites is 1. The van der Waals surface area contributed by atoms with E-state index in [2.05, 4.69) is 34.0 Å². The predicted molar refractivity (Wildman–Crippen MR) is 96.5 cm³/mol. The molecule has 1 saturated heterocycles. The molecule has 2 N–H and O–H groups in total. The first-order valence-electron chi connectivity index (χ1n) is 8.68. The molecule has 0 saturated carbocycles. The lowest BCUT2D eigenvalue weighted by Gasteiger charge is -2.35. The van der Waals surface area contributed by atoms with E-state index in [1.165, 1.54) is 0 Å². The average Bonchev–Trinajstić information content (AvgIpc) is 2.59. The van der Waals surface area contributed by atoms with E-state index >= 15 is 0 Å². The Kier molecular flexibility index (Phi) is 5.48. The summed E-state index contributed by atoms with van der Waals surface area (Å²) in [7, 11) is 0. The standard InChI is InChI=1S/C18H26N4O2/c1-13(2)11-14(22-7-9-24-10-8-22)12-19-18-20-16-6-4-3-5-15(16)17(23)21-18/h3-6,13-14H,7-12H2,1-2H3,(H2,19,20,21,23). The molecule has 24 heavy (non-hydrogen) atoms. The van der Waals surface area contributed by atoms with E-state index in [4.69, 9.17) is 4.74 Å². The molecule has 0 bridgehead atoms. The third kappa shape index (κ3) is 4.13. The molecule has 1 unspecified atom stereocenters. The van der Waals surface area contributed by atoms with E-state index in [1.54, 1.807) is 6.07 Å². The summed E-state index contributed by atoms with van der Waals surface area (Å²) in [6, 6.07) is 7.81. The van der Waals surface area contributed by atoms with Crippen molar-refractivity contribution in [1.29, 1.82) is 0 Å². The number of morpholine rings is 1. The monoisotopic (exact) mass is 330 g/mol. The van der Waals surface area contributed by atoms with Gasteiger partial charge in [0.15, 0.2) is 0 Å². The lowest BCUT2D eigenvalue weighted by Crippen LogP contribution is -2.47. The number of fused-ring (bicyclic) bond motifs is 1. The summed E-state index contributed by atoms with van der Waals surface area (Å²) < 4.78 is 5.46. The van der Waals surface area contributed by atoms with Crippen molar-refractivity contribution in [2.45, 2.75) is 26.3 Å². The lowest BCUT2D eigenvalue weighted by molar-refractivity contribution is 0.0150. The van der Waals surface area contributed by atoms with E-state index in [9.17, 15) is 4.79 Å². The third-order valence-electron chi connectivity index (χ3n) is 4.42. The average molecular weight is 330 g/mol. The molecule has 3 rings (SSSR count).